The second-order valence-corrected chi connectivity index (χ2v) is 4.27. The van der Waals surface area contributed by atoms with E-state index < -0.39 is 66.8 Å². The van der Waals surface area contributed by atoms with Crippen LogP contribution in [-0.4, -0.2) is 264 Å². The van der Waals surface area contributed by atoms with Gasteiger partial charge < -0.3 is 49.6 Å². The summed E-state index contributed by atoms with van der Waals surface area (Å²) in [6, 6.07) is 0. The van der Waals surface area contributed by atoms with Gasteiger partial charge in [-0.15, -0.1) is 0 Å². The van der Waals surface area contributed by atoms with Gasteiger partial charge in [-0.1, -0.05) is 0 Å². The third kappa shape index (κ3) is 17.0. The van der Waals surface area contributed by atoms with Crippen molar-refractivity contribution in [2.24, 2.45) is 0 Å². The Kier molecular flexibility index (Phi) is 29.6. The van der Waals surface area contributed by atoms with E-state index in [1.165, 1.54) is 0 Å². The molecule has 0 aliphatic rings. The number of aliphatic hydroxyl groups excluding tert-OH is 2. The van der Waals surface area contributed by atoms with E-state index in [1.54, 1.807) is 0 Å². The molecule has 32 heavy (non-hydrogen) atoms. The van der Waals surface area contributed by atoms with Crippen molar-refractivity contribution in [2.75, 3.05) is 0 Å². The number of carboxylic acid groups (broad SMARTS) is 4. The van der Waals surface area contributed by atoms with Gasteiger partial charge in [0.25, 0.3) is 0 Å². The molecule has 0 heterocycles. The minimum absolute atomic E-state index is 0. The first-order valence-electron chi connectivity index (χ1n) is 6.36. The predicted molar refractivity (Wildman–Crippen MR) is 105 cm³/mol. The Morgan fingerprint density at radius 3 is 0.938 bits per heavy atom. The average molecular weight is 678 g/mol. The van der Waals surface area contributed by atoms with Gasteiger partial charge in [-0.3, -0.25) is 0 Å². The molecule has 0 saturated heterocycles. The van der Waals surface area contributed by atoms with Crippen LogP contribution in [-0.2, 0) is 38.1 Å². The van der Waals surface area contributed by atoms with Crippen LogP contribution in [0.3, 0.4) is 0 Å². The Bertz CT molecular complexity index is 644. The van der Waals surface area contributed by atoms with Gasteiger partial charge in [0.15, 0.2) is 12.2 Å². The summed E-state index contributed by atoms with van der Waals surface area (Å²) in [5, 5.41) is 52.0. The summed E-state index contributed by atoms with van der Waals surface area (Å²) >= 11 is 0. The predicted octanol–water partition coefficient (Wildman–Crippen LogP) is -6.45. The fourth-order valence-corrected chi connectivity index (χ4v) is 1.17. The number of carbonyl (C=O) groups is 7. The monoisotopic (exact) mass is 678 g/mol. The molecular formula is C11H18Ca2O17Sr2. The first-order chi connectivity index (χ1) is 12.8. The van der Waals surface area contributed by atoms with Gasteiger partial charge in [0.2, 0.25) is 12.2 Å². The summed E-state index contributed by atoms with van der Waals surface area (Å²) in [5.74, 6) is -8.57. The van der Waals surface area contributed by atoms with Crippen LogP contribution in [0, 0.1) is 0 Å². The number of aliphatic carboxylic acids is 4. The maximum atomic E-state index is 11.1. The Hall–Kier alpha value is 1.49. The number of carboxylic acids is 4. The average Bonchev–Trinajstić information content (AvgIpc) is 2.55. The van der Waals surface area contributed by atoms with Gasteiger partial charge in [-0.05, 0) is 0 Å². The van der Waals surface area contributed by atoms with Crippen LogP contribution in [0.1, 0.15) is 0 Å². The van der Waals surface area contributed by atoms with Crippen LogP contribution < -0.4 is 0 Å². The number of ether oxygens (including phenoxy) is 4. The van der Waals surface area contributed by atoms with E-state index in [2.05, 4.69) is 18.9 Å². The molecular weight excluding hydrogens is 660 g/mol. The molecule has 0 amide bonds. The van der Waals surface area contributed by atoms with Crippen LogP contribution in [0.15, 0.2) is 0 Å². The summed E-state index contributed by atoms with van der Waals surface area (Å²) in [7, 11) is 0. The number of rotatable bonds is 8. The molecule has 0 spiro atoms. The van der Waals surface area contributed by atoms with Gasteiger partial charge in [-0.2, -0.15) is 0 Å². The zero-order chi connectivity index (χ0) is 22.2. The molecule has 0 fully saturated rings. The molecule has 4 atom stereocenters. The summed E-state index contributed by atoms with van der Waals surface area (Å²) in [5.41, 5.74) is 0. The van der Waals surface area contributed by atoms with Crippen LogP contribution in [0.25, 0.3) is 0 Å². The summed E-state index contributed by atoms with van der Waals surface area (Å²) in [4.78, 5) is 75.6. The molecule has 0 aromatic carbocycles. The Morgan fingerprint density at radius 1 is 0.500 bits per heavy atom. The first kappa shape index (κ1) is 43.6. The molecule has 0 bridgehead atoms. The summed E-state index contributed by atoms with van der Waals surface area (Å²) < 4.78 is 14.8. The second-order valence-electron chi connectivity index (χ2n) is 4.27. The molecule has 6 N–H and O–H groups in total. The number of aliphatic hydroxyl groups is 2. The Labute approximate surface area is 310 Å². The molecule has 17 nitrogen and oxygen atoms in total. The first-order valence-corrected chi connectivity index (χ1v) is 6.36. The maximum absolute atomic E-state index is 11.1. The van der Waals surface area contributed by atoms with Crippen molar-refractivity contribution in [3.8, 4) is 0 Å². The number of carbonyl (C=O) groups excluding carboxylic acids is 3. The van der Waals surface area contributed by atoms with Gasteiger partial charge in [0.05, 0.1) is 0 Å². The van der Waals surface area contributed by atoms with Crippen molar-refractivity contribution >= 4 is 209 Å². The molecule has 0 rings (SSSR count). The van der Waals surface area contributed by atoms with Crippen LogP contribution in [0.2, 0.25) is 0 Å². The summed E-state index contributed by atoms with van der Waals surface area (Å²) in [6.07, 6.45) is -17.8. The van der Waals surface area contributed by atoms with Gasteiger partial charge in [0.1, 0.15) is 0 Å². The zero-order valence-corrected chi connectivity index (χ0v) is 13.0. The van der Waals surface area contributed by atoms with Crippen LogP contribution in [0.5, 0.6) is 0 Å². The zero-order valence-electron chi connectivity index (χ0n) is 13.0. The second kappa shape index (κ2) is 21.7. The normalized spacial score (nSPS) is 12.6. The van der Waals surface area contributed by atoms with E-state index in [0.717, 1.165) is 0 Å². The van der Waals surface area contributed by atoms with E-state index in [1.807, 2.05) is 0 Å². The molecule has 0 aromatic heterocycles. The Balaban J connectivity index is -0.000000607. The van der Waals surface area contributed by atoms with Crippen molar-refractivity contribution < 1.29 is 83.1 Å². The van der Waals surface area contributed by atoms with Gasteiger partial charge in [0, 0.05) is 0 Å². The SMILES string of the molecule is O=C(OC(=O)OC(C(=O)O)C(O)C(=O)O)OC(=O)OC(C(=O)O)C(O)C(=O)O.[CaH2].[CaH2].[SrH2].[SrH2]. The molecule has 4 unspecified atom stereocenters. The van der Waals surface area contributed by atoms with Crippen LogP contribution in [0.4, 0.5) is 14.4 Å². The molecule has 0 aliphatic carbocycles. The topological polar surface area (TPSA) is 278 Å². The minimum atomic E-state index is -2.76. The van der Waals surface area contributed by atoms with E-state index in [9.17, 15) is 33.6 Å². The van der Waals surface area contributed by atoms with Gasteiger partial charge in [-0.25, -0.2) is 33.6 Å². The fraction of sp³-hybridized carbons (Fsp3) is 0.364. The third-order valence-corrected chi connectivity index (χ3v) is 2.35. The van der Waals surface area contributed by atoms with E-state index in [4.69, 9.17) is 30.6 Å². The van der Waals surface area contributed by atoms with E-state index in [-0.39, 0.29) is 166 Å². The quantitative estimate of drug-likeness (QED) is 0.0791. The molecule has 0 saturated carbocycles. The molecule has 0 aromatic rings. The van der Waals surface area contributed by atoms with Crippen molar-refractivity contribution in [2.45, 2.75) is 24.4 Å². The standard InChI is InChI=1S/C11H10O17.2Ca.2Sr.8H/c12-1(5(14)15)3(7(18)19)25-9(22)27-11(24)28-10(23)26-4(8(20)21)2(13)6(16)17;;;;;;;;;;;;/h1-4,12-13H,(H,14,15)(H,16,17)(H,18,19)(H,20,21);;;;;;;;;;;;. The van der Waals surface area contributed by atoms with Crippen molar-refractivity contribution in [3.05, 3.63) is 0 Å². The molecule has 172 valence electrons. The Morgan fingerprint density at radius 2 is 0.750 bits per heavy atom. The van der Waals surface area contributed by atoms with Gasteiger partial charge >= 0.3 is 209 Å². The number of hydrogen-bond donors (Lipinski definition) is 6. The van der Waals surface area contributed by atoms with Crippen molar-refractivity contribution in [1.82, 2.24) is 0 Å². The molecule has 21 heteroatoms. The molecule has 0 aliphatic heterocycles. The summed E-state index contributed by atoms with van der Waals surface area (Å²) in [6.45, 7) is 0. The van der Waals surface area contributed by atoms with Crippen molar-refractivity contribution in [1.29, 1.82) is 0 Å². The van der Waals surface area contributed by atoms with Crippen molar-refractivity contribution in [3.63, 3.8) is 0 Å². The van der Waals surface area contributed by atoms with E-state index >= 15 is 0 Å². The third-order valence-electron chi connectivity index (χ3n) is 2.35. The molecule has 0 radical (unpaired) electrons. The number of hydrogen-bond acceptors (Lipinski definition) is 13. The fourth-order valence-electron chi connectivity index (χ4n) is 1.17. The van der Waals surface area contributed by atoms with E-state index in [0.29, 0.717) is 0 Å². The van der Waals surface area contributed by atoms with Crippen LogP contribution >= 0.6 is 0 Å².